The molecular formula is C19H24N6O3. The Labute approximate surface area is 162 Å². The molecule has 1 saturated heterocycles. The number of aromatic nitrogens is 3. The van der Waals surface area contributed by atoms with E-state index in [9.17, 15) is 9.59 Å². The molecule has 2 aliphatic rings. The molecule has 9 heteroatoms. The van der Waals surface area contributed by atoms with Gasteiger partial charge in [-0.05, 0) is 31.9 Å². The minimum absolute atomic E-state index is 0.0111. The van der Waals surface area contributed by atoms with Gasteiger partial charge in [0.15, 0.2) is 0 Å². The predicted molar refractivity (Wildman–Crippen MR) is 103 cm³/mol. The van der Waals surface area contributed by atoms with E-state index in [1.54, 1.807) is 12.3 Å². The summed E-state index contributed by atoms with van der Waals surface area (Å²) in [6.07, 6.45) is 3.50. The van der Waals surface area contributed by atoms with Crippen LogP contribution >= 0.6 is 0 Å². The topological polar surface area (TPSA) is 115 Å². The first-order valence-corrected chi connectivity index (χ1v) is 9.43. The van der Waals surface area contributed by atoms with Gasteiger partial charge in [0.25, 0.3) is 0 Å². The Bertz CT molecular complexity index is 940. The van der Waals surface area contributed by atoms with Crippen LogP contribution in [0.4, 0.5) is 10.6 Å². The van der Waals surface area contributed by atoms with Crippen molar-refractivity contribution in [3.05, 3.63) is 29.6 Å². The Morgan fingerprint density at radius 3 is 2.86 bits per heavy atom. The summed E-state index contributed by atoms with van der Waals surface area (Å²) < 4.78 is 6.78. The molecular weight excluding hydrogens is 360 g/mol. The van der Waals surface area contributed by atoms with Crippen LogP contribution in [0, 0.1) is 0 Å². The molecule has 1 fully saturated rings. The number of methoxy groups -OCH3 is 1. The van der Waals surface area contributed by atoms with Crippen molar-refractivity contribution in [2.24, 2.45) is 0 Å². The Morgan fingerprint density at radius 2 is 2.11 bits per heavy atom. The Kier molecular flexibility index (Phi) is 4.44. The second kappa shape index (κ2) is 6.81. The van der Waals surface area contributed by atoms with Crippen LogP contribution in [0.2, 0.25) is 0 Å². The summed E-state index contributed by atoms with van der Waals surface area (Å²) in [6, 6.07) is 3.69. The third-order valence-electron chi connectivity index (χ3n) is 5.71. The van der Waals surface area contributed by atoms with Gasteiger partial charge in [0.1, 0.15) is 11.4 Å². The number of hydrogen-bond acceptors (Lipinski definition) is 6. The number of carbonyl (C=O) groups is 2. The number of urea groups is 1. The number of esters is 1. The molecule has 9 nitrogen and oxygen atoms in total. The Balaban J connectivity index is 1.63. The summed E-state index contributed by atoms with van der Waals surface area (Å²) in [4.78, 5) is 30.1. The lowest BCUT2D eigenvalue weighted by atomic mass is 9.82. The monoisotopic (exact) mass is 384 g/mol. The lowest BCUT2D eigenvalue weighted by molar-refractivity contribution is 0.0601. The van der Waals surface area contributed by atoms with Crippen molar-refractivity contribution in [3.63, 3.8) is 0 Å². The quantitative estimate of drug-likeness (QED) is 0.773. The smallest absolute Gasteiger partial charge is 0.341 e. The second-order valence-corrected chi connectivity index (χ2v) is 7.32. The fraction of sp³-hybridized carbons (Fsp3) is 0.474. The summed E-state index contributed by atoms with van der Waals surface area (Å²) in [5.74, 6) is -0.393. The number of pyridine rings is 1. The first-order chi connectivity index (χ1) is 13.5. The van der Waals surface area contributed by atoms with Crippen molar-refractivity contribution in [3.8, 4) is 11.3 Å². The summed E-state index contributed by atoms with van der Waals surface area (Å²) in [5, 5.41) is 7.58. The molecule has 1 unspecified atom stereocenters. The van der Waals surface area contributed by atoms with E-state index in [4.69, 9.17) is 15.6 Å². The number of nitrogens with two attached hydrogens (primary N) is 1. The van der Waals surface area contributed by atoms with Crippen LogP contribution in [-0.2, 0) is 16.7 Å². The number of amides is 2. The highest BCUT2D eigenvalue weighted by molar-refractivity contribution is 5.95. The molecule has 3 N–H and O–H groups in total. The van der Waals surface area contributed by atoms with Crippen molar-refractivity contribution in [1.29, 1.82) is 0 Å². The molecule has 0 aromatic carbocycles. The zero-order chi connectivity index (χ0) is 19.9. The molecule has 2 amide bonds. The number of rotatable bonds is 3. The fourth-order valence-corrected chi connectivity index (χ4v) is 4.21. The van der Waals surface area contributed by atoms with Crippen LogP contribution in [0.1, 0.15) is 35.8 Å². The van der Waals surface area contributed by atoms with E-state index in [-0.39, 0.29) is 22.8 Å². The maximum absolute atomic E-state index is 12.2. The van der Waals surface area contributed by atoms with Crippen LogP contribution in [0.3, 0.4) is 0 Å². The number of nitrogens with zero attached hydrogens (tertiary/aromatic N) is 4. The lowest BCUT2D eigenvalue weighted by Crippen LogP contribution is -2.40. The van der Waals surface area contributed by atoms with Crippen LogP contribution < -0.4 is 11.1 Å². The van der Waals surface area contributed by atoms with E-state index >= 15 is 0 Å². The summed E-state index contributed by atoms with van der Waals surface area (Å²) in [7, 11) is 1.31. The van der Waals surface area contributed by atoms with Crippen molar-refractivity contribution in [1.82, 2.24) is 25.0 Å². The maximum Gasteiger partial charge on any atom is 0.341 e. The number of nitrogen functional groups attached to an aromatic ring is 1. The summed E-state index contributed by atoms with van der Waals surface area (Å²) in [5.41, 5.74) is 8.54. The molecule has 0 radical (unpaired) electrons. The van der Waals surface area contributed by atoms with Crippen molar-refractivity contribution in [2.45, 2.75) is 31.7 Å². The fourth-order valence-electron chi connectivity index (χ4n) is 4.21. The largest absolute Gasteiger partial charge is 0.465 e. The molecule has 2 aromatic heterocycles. The number of fused-ring (bicyclic) bond motifs is 2. The van der Waals surface area contributed by atoms with Gasteiger partial charge in [-0.25, -0.2) is 14.6 Å². The second-order valence-electron chi connectivity index (χ2n) is 7.32. The van der Waals surface area contributed by atoms with E-state index in [0.717, 1.165) is 37.3 Å². The van der Waals surface area contributed by atoms with Gasteiger partial charge >= 0.3 is 12.0 Å². The third-order valence-corrected chi connectivity index (χ3v) is 5.71. The molecule has 4 rings (SSSR count). The molecule has 4 heterocycles. The van der Waals surface area contributed by atoms with E-state index in [1.807, 2.05) is 22.6 Å². The first kappa shape index (κ1) is 18.3. The van der Waals surface area contributed by atoms with E-state index < -0.39 is 5.97 Å². The van der Waals surface area contributed by atoms with Crippen molar-refractivity contribution >= 4 is 17.8 Å². The Hall–Kier alpha value is -3.10. The van der Waals surface area contributed by atoms with Gasteiger partial charge in [0.2, 0.25) is 0 Å². The van der Waals surface area contributed by atoms with Gasteiger partial charge in [0.05, 0.1) is 12.8 Å². The van der Waals surface area contributed by atoms with Crippen molar-refractivity contribution in [2.75, 3.05) is 32.5 Å². The summed E-state index contributed by atoms with van der Waals surface area (Å²) >= 11 is 0. The minimum atomic E-state index is -0.525. The highest BCUT2D eigenvalue weighted by atomic mass is 16.5. The average Bonchev–Trinajstić information content (AvgIpc) is 3.39. The van der Waals surface area contributed by atoms with Gasteiger partial charge < -0.3 is 20.7 Å². The summed E-state index contributed by atoms with van der Waals surface area (Å²) in [6.45, 7) is 4.78. The molecule has 1 atom stereocenters. The molecule has 2 aromatic rings. The number of ether oxygens (including phenoxy) is 1. The zero-order valence-electron chi connectivity index (χ0n) is 16.1. The number of anilines is 1. The number of carbonyl (C=O) groups excluding carboxylic acids is 2. The highest BCUT2D eigenvalue weighted by Crippen LogP contribution is 2.43. The third kappa shape index (κ3) is 2.87. The predicted octanol–water partition coefficient (Wildman–Crippen LogP) is 1.39. The molecule has 0 aliphatic carbocycles. The standard InChI is InChI=1S/C19H24N6O3/c1-3-21-18(27)24-6-4-19(11-24)5-7-25-15(19)9-14(23-25)12-8-13(17(26)28-2)16(20)22-10-12/h8-10H,3-7,11H2,1-2H3,(H2,20,22)(H,21,27). The number of likely N-dealkylation sites (tertiary alicyclic amines) is 1. The molecule has 148 valence electrons. The number of nitrogens with one attached hydrogen (secondary N) is 1. The highest BCUT2D eigenvalue weighted by Gasteiger charge is 2.46. The SMILES string of the molecule is CCNC(=O)N1CCC2(CCn3nc(-c4cnc(N)c(C(=O)OC)c4)cc32)C1. The minimum Gasteiger partial charge on any atom is -0.465 e. The maximum atomic E-state index is 12.2. The lowest BCUT2D eigenvalue weighted by Gasteiger charge is -2.23. The van der Waals surface area contributed by atoms with E-state index in [0.29, 0.717) is 18.7 Å². The van der Waals surface area contributed by atoms with Gasteiger partial charge in [0, 0.05) is 49.0 Å². The zero-order valence-corrected chi connectivity index (χ0v) is 16.1. The Morgan fingerprint density at radius 1 is 1.32 bits per heavy atom. The normalized spacial score (nSPS) is 20.4. The average molecular weight is 384 g/mol. The molecule has 0 bridgehead atoms. The molecule has 28 heavy (non-hydrogen) atoms. The first-order valence-electron chi connectivity index (χ1n) is 9.43. The van der Waals surface area contributed by atoms with E-state index in [1.165, 1.54) is 7.11 Å². The molecule has 0 saturated carbocycles. The van der Waals surface area contributed by atoms with Gasteiger partial charge in [-0.2, -0.15) is 5.10 Å². The van der Waals surface area contributed by atoms with Crippen LogP contribution in [0.25, 0.3) is 11.3 Å². The van der Waals surface area contributed by atoms with Gasteiger partial charge in [-0.1, -0.05) is 0 Å². The number of aryl methyl sites for hydroxylation is 1. The van der Waals surface area contributed by atoms with Crippen LogP contribution in [0.15, 0.2) is 18.3 Å². The van der Waals surface area contributed by atoms with Crippen LogP contribution in [-0.4, -0.2) is 58.4 Å². The number of hydrogen-bond donors (Lipinski definition) is 2. The van der Waals surface area contributed by atoms with Gasteiger partial charge in [-0.3, -0.25) is 4.68 Å². The molecule has 2 aliphatic heterocycles. The van der Waals surface area contributed by atoms with Gasteiger partial charge in [-0.15, -0.1) is 0 Å². The van der Waals surface area contributed by atoms with Crippen LogP contribution in [0.5, 0.6) is 0 Å². The molecule has 1 spiro atoms. The van der Waals surface area contributed by atoms with Crippen molar-refractivity contribution < 1.29 is 14.3 Å². The van der Waals surface area contributed by atoms with E-state index in [2.05, 4.69) is 10.3 Å².